The summed E-state index contributed by atoms with van der Waals surface area (Å²) in [6.45, 7) is 0.357. The van der Waals surface area contributed by atoms with Gasteiger partial charge < -0.3 is 14.6 Å². The minimum Gasteiger partial charge on any atom is -0.496 e. The standard InChI is InChI=1S/C22H26N2O3/c1-24-19-9-4-3-6-16(19)11-18(22(24)26)21(25)23-13-17-10-14-7-5-8-15(14)12-20(17)27-2/h10-12H,3-9,13H2,1-2H3,(H,23,25). The average molecular weight is 366 g/mol. The van der Waals surface area contributed by atoms with Crippen LogP contribution in [0.25, 0.3) is 0 Å². The Bertz CT molecular complexity index is 959. The minimum absolute atomic E-state index is 0.214. The number of fused-ring (bicyclic) bond motifs is 2. The lowest BCUT2D eigenvalue weighted by atomic mass is 9.94. The zero-order valence-corrected chi connectivity index (χ0v) is 16.1. The first-order chi connectivity index (χ1) is 13.1. The molecular formula is C22H26N2O3. The van der Waals surface area contributed by atoms with E-state index < -0.39 is 0 Å². The number of hydrogen-bond acceptors (Lipinski definition) is 3. The van der Waals surface area contributed by atoms with Crippen LogP contribution in [0.3, 0.4) is 0 Å². The highest BCUT2D eigenvalue weighted by Crippen LogP contribution is 2.30. The van der Waals surface area contributed by atoms with Crippen molar-refractivity contribution in [2.75, 3.05) is 7.11 Å². The third-order valence-electron chi connectivity index (χ3n) is 5.92. The molecule has 0 fully saturated rings. The van der Waals surface area contributed by atoms with E-state index in [-0.39, 0.29) is 17.0 Å². The lowest BCUT2D eigenvalue weighted by Gasteiger charge is -2.20. The van der Waals surface area contributed by atoms with Gasteiger partial charge in [-0.05, 0) is 73.8 Å². The summed E-state index contributed by atoms with van der Waals surface area (Å²) in [7, 11) is 3.42. The van der Waals surface area contributed by atoms with Crippen LogP contribution in [0.2, 0.25) is 0 Å². The molecule has 2 aromatic rings. The molecule has 1 aromatic heterocycles. The Morgan fingerprint density at radius 1 is 1.04 bits per heavy atom. The van der Waals surface area contributed by atoms with Crippen molar-refractivity contribution >= 4 is 5.91 Å². The predicted molar refractivity (Wildman–Crippen MR) is 105 cm³/mol. The van der Waals surface area contributed by atoms with Gasteiger partial charge in [0.2, 0.25) is 0 Å². The fourth-order valence-electron chi connectivity index (χ4n) is 4.40. The lowest BCUT2D eigenvalue weighted by Crippen LogP contribution is -2.34. The molecule has 142 valence electrons. The summed E-state index contributed by atoms with van der Waals surface area (Å²) < 4.78 is 7.16. The molecule has 27 heavy (non-hydrogen) atoms. The van der Waals surface area contributed by atoms with E-state index in [1.807, 2.05) is 0 Å². The number of pyridine rings is 1. The second kappa shape index (κ2) is 7.22. The van der Waals surface area contributed by atoms with Crippen LogP contribution in [0.5, 0.6) is 5.75 Å². The van der Waals surface area contributed by atoms with Gasteiger partial charge in [0, 0.05) is 24.8 Å². The zero-order valence-electron chi connectivity index (χ0n) is 16.1. The van der Waals surface area contributed by atoms with Crippen LogP contribution < -0.4 is 15.6 Å². The van der Waals surface area contributed by atoms with E-state index in [1.54, 1.807) is 24.8 Å². The topological polar surface area (TPSA) is 60.3 Å². The minimum atomic E-state index is -0.313. The summed E-state index contributed by atoms with van der Waals surface area (Å²) in [6, 6.07) is 6.01. The predicted octanol–water partition coefficient (Wildman–Crippen LogP) is 2.69. The number of methoxy groups -OCH3 is 1. The third-order valence-corrected chi connectivity index (χ3v) is 5.92. The van der Waals surface area contributed by atoms with Crippen molar-refractivity contribution < 1.29 is 9.53 Å². The van der Waals surface area contributed by atoms with E-state index in [4.69, 9.17) is 4.74 Å². The quantitative estimate of drug-likeness (QED) is 0.905. The molecule has 1 aromatic carbocycles. The van der Waals surface area contributed by atoms with Gasteiger partial charge in [0.15, 0.2) is 0 Å². The molecular weight excluding hydrogens is 340 g/mol. The number of ether oxygens (including phenoxy) is 1. The van der Waals surface area contributed by atoms with E-state index in [9.17, 15) is 9.59 Å². The molecule has 5 heteroatoms. The van der Waals surface area contributed by atoms with Crippen LogP contribution in [0, 0.1) is 0 Å². The van der Waals surface area contributed by atoms with Gasteiger partial charge in [-0.1, -0.05) is 6.07 Å². The van der Waals surface area contributed by atoms with Gasteiger partial charge in [-0.3, -0.25) is 9.59 Å². The Hall–Kier alpha value is -2.56. The van der Waals surface area contributed by atoms with Crippen LogP contribution in [-0.4, -0.2) is 17.6 Å². The second-order valence-electron chi connectivity index (χ2n) is 7.57. The maximum atomic E-state index is 12.7. The molecule has 0 saturated heterocycles. The Labute approximate surface area is 159 Å². The molecule has 1 N–H and O–H groups in total. The molecule has 0 spiro atoms. The average Bonchev–Trinajstić information content (AvgIpc) is 3.15. The van der Waals surface area contributed by atoms with Crippen molar-refractivity contribution in [1.82, 2.24) is 9.88 Å². The fourth-order valence-corrected chi connectivity index (χ4v) is 4.40. The fraction of sp³-hybridized carbons (Fsp3) is 0.455. The molecule has 5 nitrogen and oxygen atoms in total. The monoisotopic (exact) mass is 366 g/mol. The molecule has 0 aliphatic heterocycles. The van der Waals surface area contributed by atoms with Crippen molar-refractivity contribution in [3.8, 4) is 5.75 Å². The Kier molecular flexibility index (Phi) is 4.77. The molecule has 2 aliphatic carbocycles. The van der Waals surface area contributed by atoms with Crippen molar-refractivity contribution in [2.45, 2.75) is 51.5 Å². The van der Waals surface area contributed by atoms with Crippen LogP contribution in [-0.2, 0) is 39.3 Å². The molecule has 0 radical (unpaired) electrons. The van der Waals surface area contributed by atoms with E-state index in [1.165, 1.54) is 17.5 Å². The number of carbonyl (C=O) groups is 1. The van der Waals surface area contributed by atoms with Crippen LogP contribution >= 0.6 is 0 Å². The molecule has 0 atom stereocenters. The van der Waals surface area contributed by atoms with Crippen molar-refractivity contribution in [3.63, 3.8) is 0 Å². The molecule has 0 unspecified atom stereocenters. The van der Waals surface area contributed by atoms with Crippen molar-refractivity contribution in [3.05, 3.63) is 62.1 Å². The number of nitrogens with one attached hydrogen (secondary N) is 1. The van der Waals surface area contributed by atoms with Gasteiger partial charge >= 0.3 is 0 Å². The first-order valence-corrected chi connectivity index (χ1v) is 9.77. The maximum Gasteiger partial charge on any atom is 0.263 e. The first kappa shape index (κ1) is 17.8. The Morgan fingerprint density at radius 3 is 2.52 bits per heavy atom. The number of rotatable bonds is 4. The van der Waals surface area contributed by atoms with Crippen LogP contribution in [0.1, 0.15) is 57.6 Å². The van der Waals surface area contributed by atoms with Crippen LogP contribution in [0.4, 0.5) is 0 Å². The van der Waals surface area contributed by atoms with Crippen molar-refractivity contribution in [2.24, 2.45) is 7.05 Å². The van der Waals surface area contributed by atoms with Crippen molar-refractivity contribution in [1.29, 1.82) is 0 Å². The van der Waals surface area contributed by atoms with Gasteiger partial charge in [-0.15, -0.1) is 0 Å². The van der Waals surface area contributed by atoms with Gasteiger partial charge in [0.1, 0.15) is 11.3 Å². The summed E-state index contributed by atoms with van der Waals surface area (Å²) >= 11 is 0. The molecule has 1 amide bonds. The van der Waals surface area contributed by atoms with E-state index >= 15 is 0 Å². The number of carbonyl (C=O) groups excluding carboxylic acids is 1. The van der Waals surface area contributed by atoms with E-state index in [2.05, 4.69) is 17.4 Å². The summed E-state index contributed by atoms with van der Waals surface area (Å²) in [5.74, 6) is 0.487. The molecule has 0 saturated carbocycles. The third kappa shape index (κ3) is 3.27. The highest BCUT2D eigenvalue weighted by Gasteiger charge is 2.20. The summed E-state index contributed by atoms with van der Waals surface area (Å²) in [6.07, 6.45) is 7.38. The SMILES string of the molecule is COc1cc2c(cc1CNC(=O)c1cc3c(n(C)c1=O)CCCC3)CCC2. The smallest absolute Gasteiger partial charge is 0.263 e. The summed E-state index contributed by atoms with van der Waals surface area (Å²) in [5.41, 5.74) is 5.86. The largest absolute Gasteiger partial charge is 0.496 e. The maximum absolute atomic E-state index is 12.7. The van der Waals surface area contributed by atoms with Crippen LogP contribution in [0.15, 0.2) is 23.0 Å². The Balaban J connectivity index is 1.57. The number of aromatic nitrogens is 1. The zero-order chi connectivity index (χ0) is 19.0. The first-order valence-electron chi connectivity index (χ1n) is 9.77. The van der Waals surface area contributed by atoms with Gasteiger partial charge in [0.05, 0.1) is 7.11 Å². The molecule has 0 bridgehead atoms. The summed E-state index contributed by atoms with van der Waals surface area (Å²) in [4.78, 5) is 25.4. The number of amides is 1. The summed E-state index contributed by atoms with van der Waals surface area (Å²) in [5, 5.41) is 2.92. The number of aryl methyl sites for hydroxylation is 3. The normalized spacial score (nSPS) is 15.2. The lowest BCUT2D eigenvalue weighted by molar-refractivity contribution is 0.0948. The van der Waals surface area contributed by atoms with E-state index in [0.717, 1.165) is 61.1 Å². The molecule has 1 heterocycles. The van der Waals surface area contributed by atoms with Gasteiger partial charge in [0.25, 0.3) is 11.5 Å². The highest BCUT2D eigenvalue weighted by molar-refractivity contribution is 5.94. The number of benzene rings is 1. The highest BCUT2D eigenvalue weighted by atomic mass is 16.5. The van der Waals surface area contributed by atoms with E-state index in [0.29, 0.717) is 6.54 Å². The Morgan fingerprint density at radius 2 is 1.74 bits per heavy atom. The van der Waals surface area contributed by atoms with Gasteiger partial charge in [-0.2, -0.15) is 0 Å². The number of nitrogens with zero attached hydrogens (tertiary/aromatic N) is 1. The molecule has 2 aliphatic rings. The number of hydrogen-bond donors (Lipinski definition) is 1. The second-order valence-corrected chi connectivity index (χ2v) is 7.57. The van der Waals surface area contributed by atoms with Gasteiger partial charge in [-0.25, -0.2) is 0 Å². The molecule has 4 rings (SSSR count).